The van der Waals surface area contributed by atoms with Gasteiger partial charge in [0, 0.05) is 29.4 Å². The molecule has 0 unspecified atom stereocenters. The predicted octanol–water partition coefficient (Wildman–Crippen LogP) is 1.97. The van der Waals surface area contributed by atoms with E-state index >= 15 is 0 Å². The Hall–Kier alpha value is -1.92. The van der Waals surface area contributed by atoms with E-state index in [1.54, 1.807) is 56.6 Å². The summed E-state index contributed by atoms with van der Waals surface area (Å²) in [5, 5.41) is 11.0. The average Bonchev–Trinajstić information content (AvgIpc) is 2.52. The van der Waals surface area contributed by atoms with Gasteiger partial charge >= 0.3 is 0 Å². The van der Waals surface area contributed by atoms with Crippen molar-refractivity contribution in [2.75, 3.05) is 11.5 Å². The van der Waals surface area contributed by atoms with E-state index in [4.69, 9.17) is 5.73 Å². The van der Waals surface area contributed by atoms with Gasteiger partial charge in [0.2, 0.25) is 0 Å². The molecule has 0 radical (unpaired) electrons. The van der Waals surface area contributed by atoms with Gasteiger partial charge in [-0.1, -0.05) is 13.8 Å². The highest BCUT2D eigenvalue weighted by molar-refractivity contribution is 7.91. The minimum atomic E-state index is -3.51. The minimum absolute atomic E-state index is 0.111. The smallest absolute Gasteiger partial charge is 0.179 e. The number of nitrogens with zero attached hydrogens (tertiary/aromatic N) is 1. The molecule has 6 heteroatoms. The second-order valence-corrected chi connectivity index (χ2v) is 8.71. The molecule has 0 aliphatic carbocycles. The number of hydrogen-bond acceptors (Lipinski definition) is 5. The Bertz CT molecular complexity index is 832. The molecule has 5 nitrogen and oxygen atoms in total. The maximum Gasteiger partial charge on any atom is 0.179 e. The first kappa shape index (κ1) is 16.0. The molecular weight excluding hydrogens is 312 g/mol. The van der Waals surface area contributed by atoms with Crippen LogP contribution in [0, 0.1) is 5.41 Å². The van der Waals surface area contributed by atoms with Crippen LogP contribution in [0.3, 0.4) is 0 Å². The maximum absolute atomic E-state index is 12.8. The van der Waals surface area contributed by atoms with Crippen molar-refractivity contribution in [1.82, 2.24) is 4.98 Å². The first-order chi connectivity index (χ1) is 10.7. The van der Waals surface area contributed by atoms with Gasteiger partial charge in [-0.2, -0.15) is 0 Å². The standard InChI is InChI=1S/C17H20N2O3S/c1-17(2)10-23(21,22)14-4-3-12(18)9-13(14)15(16(17)20)11-5-7-19-8-6-11/h3-9,15-16,20H,10,18H2,1-2H3/t15-,16-/m1/s1. The molecular formula is C17H20N2O3S. The van der Waals surface area contributed by atoms with Crippen molar-refractivity contribution in [3.05, 3.63) is 53.9 Å². The summed E-state index contributed by atoms with van der Waals surface area (Å²) in [6, 6.07) is 8.39. The maximum atomic E-state index is 12.8. The Morgan fingerprint density at radius 3 is 2.52 bits per heavy atom. The number of pyridine rings is 1. The monoisotopic (exact) mass is 332 g/mol. The van der Waals surface area contributed by atoms with Crippen molar-refractivity contribution in [3.63, 3.8) is 0 Å². The summed E-state index contributed by atoms with van der Waals surface area (Å²) in [6.07, 6.45) is 2.42. The molecule has 23 heavy (non-hydrogen) atoms. The van der Waals surface area contributed by atoms with Crippen molar-refractivity contribution >= 4 is 15.5 Å². The predicted molar refractivity (Wildman–Crippen MR) is 88.8 cm³/mol. The van der Waals surface area contributed by atoms with E-state index in [1.807, 2.05) is 0 Å². The minimum Gasteiger partial charge on any atom is -0.399 e. The van der Waals surface area contributed by atoms with Crippen molar-refractivity contribution in [2.24, 2.45) is 5.41 Å². The first-order valence-electron chi connectivity index (χ1n) is 7.42. The number of rotatable bonds is 1. The highest BCUT2D eigenvalue weighted by atomic mass is 32.2. The summed E-state index contributed by atoms with van der Waals surface area (Å²) in [5.41, 5.74) is 6.95. The fourth-order valence-corrected chi connectivity index (χ4v) is 5.43. The molecule has 2 heterocycles. The van der Waals surface area contributed by atoms with Crippen LogP contribution in [0.15, 0.2) is 47.6 Å². The molecule has 0 saturated carbocycles. The second-order valence-electron chi connectivity index (χ2n) is 6.75. The molecule has 0 fully saturated rings. The number of benzene rings is 1. The lowest BCUT2D eigenvalue weighted by atomic mass is 9.75. The third-order valence-electron chi connectivity index (χ3n) is 4.45. The number of sulfone groups is 1. The van der Waals surface area contributed by atoms with Crippen LogP contribution in [0.1, 0.15) is 30.9 Å². The number of nitrogen functional groups attached to an aromatic ring is 1. The van der Waals surface area contributed by atoms with Gasteiger partial charge in [-0.25, -0.2) is 8.42 Å². The third-order valence-corrected chi connectivity index (χ3v) is 6.61. The molecule has 0 bridgehead atoms. The van der Waals surface area contributed by atoms with E-state index in [9.17, 15) is 13.5 Å². The van der Waals surface area contributed by atoms with Crippen LogP contribution >= 0.6 is 0 Å². The lowest BCUT2D eigenvalue weighted by molar-refractivity contribution is 0.0521. The molecule has 1 aromatic carbocycles. The fraction of sp³-hybridized carbons (Fsp3) is 0.353. The Labute approximate surface area is 136 Å². The molecule has 3 rings (SSSR count). The summed E-state index contributed by atoms with van der Waals surface area (Å²) in [7, 11) is -3.51. The third kappa shape index (κ3) is 2.72. The van der Waals surface area contributed by atoms with Crippen LogP contribution in [0.5, 0.6) is 0 Å². The van der Waals surface area contributed by atoms with Crippen LogP contribution < -0.4 is 5.73 Å². The molecule has 0 spiro atoms. The largest absolute Gasteiger partial charge is 0.399 e. The lowest BCUT2D eigenvalue weighted by Gasteiger charge is -2.33. The van der Waals surface area contributed by atoms with Gasteiger partial charge in [-0.05, 0) is 41.5 Å². The molecule has 1 aliphatic rings. The summed E-state index contributed by atoms with van der Waals surface area (Å²) in [5.74, 6) is -0.580. The second kappa shape index (κ2) is 5.32. The van der Waals surface area contributed by atoms with Gasteiger partial charge in [-0.15, -0.1) is 0 Å². The van der Waals surface area contributed by atoms with Gasteiger partial charge in [0.05, 0.1) is 16.8 Å². The highest BCUT2D eigenvalue weighted by Gasteiger charge is 2.44. The summed E-state index contributed by atoms with van der Waals surface area (Å²) < 4.78 is 25.6. The Morgan fingerprint density at radius 2 is 1.87 bits per heavy atom. The van der Waals surface area contributed by atoms with E-state index in [1.165, 1.54) is 0 Å². The molecule has 3 N–H and O–H groups in total. The zero-order valence-corrected chi connectivity index (χ0v) is 13.9. The van der Waals surface area contributed by atoms with Crippen LogP contribution in [0.2, 0.25) is 0 Å². The van der Waals surface area contributed by atoms with E-state index in [-0.39, 0.29) is 10.6 Å². The van der Waals surface area contributed by atoms with Crippen molar-refractivity contribution < 1.29 is 13.5 Å². The SMILES string of the molecule is CC1(C)CS(=O)(=O)c2ccc(N)cc2[C@@H](c2ccncc2)[C@H]1O. The zero-order valence-electron chi connectivity index (χ0n) is 13.1. The topological polar surface area (TPSA) is 93.3 Å². The van der Waals surface area contributed by atoms with E-state index in [0.717, 1.165) is 5.56 Å². The lowest BCUT2D eigenvalue weighted by Crippen LogP contribution is -2.38. The van der Waals surface area contributed by atoms with E-state index in [0.29, 0.717) is 11.3 Å². The van der Waals surface area contributed by atoms with Gasteiger partial charge in [0.25, 0.3) is 0 Å². The van der Waals surface area contributed by atoms with Gasteiger partial charge < -0.3 is 10.8 Å². The van der Waals surface area contributed by atoms with E-state index in [2.05, 4.69) is 4.98 Å². The molecule has 2 atom stereocenters. The van der Waals surface area contributed by atoms with Crippen molar-refractivity contribution in [3.8, 4) is 0 Å². The molecule has 1 aromatic heterocycles. The number of aliphatic hydroxyl groups is 1. The normalized spacial score (nSPS) is 25.3. The van der Waals surface area contributed by atoms with Crippen LogP contribution in [0.4, 0.5) is 5.69 Å². The number of aromatic nitrogens is 1. The molecule has 2 aromatic rings. The van der Waals surface area contributed by atoms with Crippen molar-refractivity contribution in [2.45, 2.75) is 30.8 Å². The van der Waals surface area contributed by atoms with Gasteiger partial charge in [0.1, 0.15) is 0 Å². The highest BCUT2D eigenvalue weighted by Crippen LogP contribution is 2.44. The van der Waals surface area contributed by atoms with Gasteiger partial charge in [-0.3, -0.25) is 4.98 Å². The zero-order chi connectivity index (χ0) is 16.8. The summed E-state index contributed by atoms with van der Waals surface area (Å²) in [6.45, 7) is 3.55. The average molecular weight is 332 g/mol. The molecule has 0 saturated heterocycles. The number of aliphatic hydroxyl groups excluding tert-OH is 1. The van der Waals surface area contributed by atoms with E-state index < -0.39 is 27.3 Å². The number of fused-ring (bicyclic) bond motifs is 1. The first-order valence-corrected chi connectivity index (χ1v) is 9.08. The quantitative estimate of drug-likeness (QED) is 0.779. The summed E-state index contributed by atoms with van der Waals surface area (Å²) >= 11 is 0. The molecule has 122 valence electrons. The Kier molecular flexibility index (Phi) is 3.69. The van der Waals surface area contributed by atoms with Crippen molar-refractivity contribution in [1.29, 1.82) is 0 Å². The Balaban J connectivity index is 2.33. The van der Waals surface area contributed by atoms with Crippen LogP contribution in [-0.4, -0.2) is 30.4 Å². The van der Waals surface area contributed by atoms with Crippen LogP contribution in [0.25, 0.3) is 0 Å². The number of hydrogen-bond donors (Lipinski definition) is 2. The number of anilines is 1. The van der Waals surface area contributed by atoms with Crippen LogP contribution in [-0.2, 0) is 9.84 Å². The number of nitrogens with two attached hydrogens (primary N) is 1. The fourth-order valence-electron chi connectivity index (χ4n) is 3.30. The summed E-state index contributed by atoms with van der Waals surface area (Å²) in [4.78, 5) is 4.25. The van der Waals surface area contributed by atoms with Gasteiger partial charge in [0.15, 0.2) is 9.84 Å². The molecule has 1 aliphatic heterocycles. The Morgan fingerprint density at radius 1 is 1.22 bits per heavy atom. The molecule has 0 amide bonds.